The molecule has 1 amide bonds. The van der Waals surface area contributed by atoms with E-state index in [2.05, 4.69) is 18.0 Å². The minimum absolute atomic E-state index is 0.00123. The van der Waals surface area contributed by atoms with E-state index in [-0.39, 0.29) is 37.8 Å². The molecule has 0 bridgehead atoms. The number of amides is 1. The van der Waals surface area contributed by atoms with E-state index in [0.29, 0.717) is 30.9 Å². The Bertz CT molecular complexity index is 1240. The van der Waals surface area contributed by atoms with Crippen molar-refractivity contribution in [3.63, 3.8) is 0 Å². The quantitative estimate of drug-likeness (QED) is 0.163. The zero-order chi connectivity index (χ0) is 25.8. The molecule has 0 saturated heterocycles. The normalized spacial score (nSPS) is 13.1. The summed E-state index contributed by atoms with van der Waals surface area (Å²) in [5.74, 6) is -0.310. The Morgan fingerprint density at radius 3 is 2.72 bits per heavy atom. The predicted molar refractivity (Wildman–Crippen MR) is 137 cm³/mol. The second-order valence-electron chi connectivity index (χ2n) is 7.78. The first-order valence-electron chi connectivity index (χ1n) is 11.7. The smallest absolute Gasteiger partial charge is 0.330 e. The van der Waals surface area contributed by atoms with Gasteiger partial charge in [0.15, 0.2) is 18.3 Å². The summed E-state index contributed by atoms with van der Waals surface area (Å²) in [5.41, 5.74) is -0.00123. The van der Waals surface area contributed by atoms with Crippen LogP contribution in [0.4, 0.5) is 0 Å². The third-order valence-electron chi connectivity index (χ3n) is 5.14. The van der Waals surface area contributed by atoms with Gasteiger partial charge in [-0.25, -0.2) is 4.79 Å². The summed E-state index contributed by atoms with van der Waals surface area (Å²) in [5, 5.41) is 4.07. The monoisotopic (exact) mass is 517 g/mol. The van der Waals surface area contributed by atoms with Crippen molar-refractivity contribution in [2.75, 3.05) is 46.2 Å². The second-order valence-corrected chi connectivity index (χ2v) is 8.87. The fourth-order valence-electron chi connectivity index (χ4n) is 3.38. The van der Waals surface area contributed by atoms with Crippen molar-refractivity contribution in [3.05, 3.63) is 50.8 Å². The molecular formula is C26H31NO8S. The minimum Gasteiger partial charge on any atom is -0.484 e. The average molecular weight is 518 g/mol. The molecule has 1 aromatic heterocycles. The Morgan fingerprint density at radius 2 is 1.89 bits per heavy atom. The Balaban J connectivity index is 1.30. The third-order valence-corrected chi connectivity index (χ3v) is 6.32. The number of ether oxygens (including phenoxy) is 5. The lowest BCUT2D eigenvalue weighted by molar-refractivity contribution is -0.144. The Kier molecular flexibility index (Phi) is 11.1. The highest BCUT2D eigenvalue weighted by Crippen LogP contribution is 2.19. The number of carbonyl (C=O) groups is 2. The SMILES string of the molecule is C=CC(=O)OCCOCCOC(C)OCCNC(=O)COc1ccc2sc3c(c(=O)c2c1)=CCCC=3. The first-order chi connectivity index (χ1) is 17.5. The fraction of sp³-hybridized carbons (Fsp3) is 0.423. The number of hydrogen-bond donors (Lipinski definition) is 1. The zero-order valence-corrected chi connectivity index (χ0v) is 21.1. The van der Waals surface area contributed by atoms with E-state index in [1.807, 2.05) is 12.1 Å². The zero-order valence-electron chi connectivity index (χ0n) is 20.3. The van der Waals surface area contributed by atoms with Gasteiger partial charge in [0.05, 0.1) is 26.4 Å². The molecule has 1 atom stereocenters. The highest BCUT2D eigenvalue weighted by Gasteiger charge is 2.09. The molecule has 1 aliphatic carbocycles. The van der Waals surface area contributed by atoms with Crippen molar-refractivity contribution in [2.24, 2.45) is 0 Å². The summed E-state index contributed by atoms with van der Waals surface area (Å²) < 4.78 is 28.5. The lowest BCUT2D eigenvalue weighted by atomic mass is 10.1. The molecule has 1 heterocycles. The van der Waals surface area contributed by atoms with Crippen LogP contribution in [-0.4, -0.2) is 64.4 Å². The average Bonchev–Trinajstić information content (AvgIpc) is 2.89. The number of hydrogen-bond acceptors (Lipinski definition) is 9. The van der Waals surface area contributed by atoms with Gasteiger partial charge in [0, 0.05) is 32.5 Å². The van der Waals surface area contributed by atoms with Crippen LogP contribution in [0, 0.1) is 0 Å². The molecule has 1 aromatic carbocycles. The van der Waals surface area contributed by atoms with Crippen LogP contribution in [0.3, 0.4) is 0 Å². The largest absolute Gasteiger partial charge is 0.484 e. The number of carbonyl (C=O) groups excluding carboxylic acids is 2. The van der Waals surface area contributed by atoms with Crippen molar-refractivity contribution in [2.45, 2.75) is 26.1 Å². The first kappa shape index (κ1) is 27.5. The summed E-state index contributed by atoms with van der Waals surface area (Å²) in [6.07, 6.45) is 6.54. The van der Waals surface area contributed by atoms with E-state index < -0.39 is 12.3 Å². The number of fused-ring (bicyclic) bond motifs is 2. The van der Waals surface area contributed by atoms with Crippen LogP contribution >= 0.6 is 11.3 Å². The maximum Gasteiger partial charge on any atom is 0.330 e. The summed E-state index contributed by atoms with van der Waals surface area (Å²) >= 11 is 1.59. The van der Waals surface area contributed by atoms with Crippen LogP contribution in [0.5, 0.6) is 5.75 Å². The van der Waals surface area contributed by atoms with Crippen LogP contribution < -0.4 is 25.2 Å². The minimum atomic E-state index is -0.488. The third kappa shape index (κ3) is 8.56. The molecule has 0 saturated carbocycles. The van der Waals surface area contributed by atoms with Gasteiger partial charge in [-0.3, -0.25) is 9.59 Å². The van der Waals surface area contributed by atoms with E-state index >= 15 is 0 Å². The highest BCUT2D eigenvalue weighted by molar-refractivity contribution is 7.16. The molecule has 2 aromatic rings. The summed E-state index contributed by atoms with van der Waals surface area (Å²) in [6.45, 7) is 6.50. The molecule has 1 N–H and O–H groups in total. The fourth-order valence-corrected chi connectivity index (χ4v) is 4.50. The Labute approximate surface area is 212 Å². The van der Waals surface area contributed by atoms with Crippen LogP contribution in [0.1, 0.15) is 19.8 Å². The first-order valence-corrected chi connectivity index (χ1v) is 12.6. The van der Waals surface area contributed by atoms with E-state index in [4.69, 9.17) is 23.7 Å². The van der Waals surface area contributed by atoms with Crippen molar-refractivity contribution >= 4 is 45.5 Å². The Morgan fingerprint density at radius 1 is 1.11 bits per heavy atom. The van der Waals surface area contributed by atoms with Crippen LogP contribution in [-0.2, 0) is 28.5 Å². The molecule has 9 nitrogen and oxygen atoms in total. The van der Waals surface area contributed by atoms with Gasteiger partial charge < -0.3 is 29.0 Å². The van der Waals surface area contributed by atoms with E-state index in [0.717, 1.165) is 33.4 Å². The summed E-state index contributed by atoms with van der Waals surface area (Å²) in [6, 6.07) is 5.32. The molecule has 0 radical (unpaired) electrons. The molecule has 0 aliphatic heterocycles. The van der Waals surface area contributed by atoms with Gasteiger partial charge >= 0.3 is 5.97 Å². The Hall–Kier alpha value is -3.05. The van der Waals surface area contributed by atoms with Crippen molar-refractivity contribution in [1.82, 2.24) is 5.32 Å². The molecule has 1 aliphatic rings. The number of nitrogens with one attached hydrogen (secondary N) is 1. The van der Waals surface area contributed by atoms with Gasteiger partial charge in [-0.05, 0) is 38.0 Å². The molecule has 0 fully saturated rings. The maximum atomic E-state index is 12.8. The topological polar surface area (TPSA) is 109 Å². The lowest BCUT2D eigenvalue weighted by Gasteiger charge is -2.14. The second kappa shape index (κ2) is 14.5. The van der Waals surface area contributed by atoms with Crippen molar-refractivity contribution in [1.29, 1.82) is 0 Å². The van der Waals surface area contributed by atoms with Crippen molar-refractivity contribution < 1.29 is 33.3 Å². The van der Waals surface area contributed by atoms with Gasteiger partial charge in [-0.1, -0.05) is 18.7 Å². The van der Waals surface area contributed by atoms with Crippen LogP contribution in [0.25, 0.3) is 22.2 Å². The number of benzene rings is 1. The van der Waals surface area contributed by atoms with Crippen LogP contribution in [0.15, 0.2) is 35.6 Å². The molecule has 1 unspecified atom stereocenters. The van der Waals surface area contributed by atoms with E-state index in [9.17, 15) is 14.4 Å². The van der Waals surface area contributed by atoms with E-state index in [1.165, 1.54) is 0 Å². The van der Waals surface area contributed by atoms with Gasteiger partial charge in [0.25, 0.3) is 5.91 Å². The van der Waals surface area contributed by atoms with Gasteiger partial charge in [-0.15, -0.1) is 11.3 Å². The van der Waals surface area contributed by atoms with Crippen molar-refractivity contribution in [3.8, 4) is 5.75 Å². The molecule has 10 heteroatoms. The van der Waals surface area contributed by atoms with Gasteiger partial charge in [0.1, 0.15) is 12.4 Å². The number of rotatable bonds is 15. The summed E-state index contributed by atoms with van der Waals surface area (Å²) in [4.78, 5) is 35.8. The molecule has 0 spiro atoms. The standard InChI is InChI=1S/C26H31NO8S/c1-3-25(29)34-15-13-31-12-14-33-18(2)32-11-10-27-24(28)17-35-19-8-9-23-21(16-19)26(30)20-6-4-5-7-22(20)36-23/h3,6-9,16,18H,1,4-5,10-15,17H2,2H3,(H,27,28). The van der Waals surface area contributed by atoms with Gasteiger partial charge in [0.2, 0.25) is 0 Å². The highest BCUT2D eigenvalue weighted by atomic mass is 32.1. The molecule has 3 rings (SSSR count). The summed E-state index contributed by atoms with van der Waals surface area (Å²) in [7, 11) is 0. The predicted octanol–water partition coefficient (Wildman–Crippen LogP) is 1.24. The molecular weight excluding hydrogens is 486 g/mol. The van der Waals surface area contributed by atoms with E-state index in [1.54, 1.807) is 30.4 Å². The molecule has 194 valence electrons. The maximum absolute atomic E-state index is 12.8. The van der Waals surface area contributed by atoms with Gasteiger partial charge in [-0.2, -0.15) is 0 Å². The van der Waals surface area contributed by atoms with Crippen LogP contribution in [0.2, 0.25) is 0 Å². The lowest BCUT2D eigenvalue weighted by Crippen LogP contribution is -2.38. The number of esters is 1. The molecule has 36 heavy (non-hydrogen) atoms.